The minimum absolute atomic E-state index is 0.0402. The van der Waals surface area contributed by atoms with Crippen LogP contribution in [0.2, 0.25) is 0 Å². The first kappa shape index (κ1) is 24.3. The SMILES string of the molecule is CCOc1ccc(C(O)=C2C(=O)C(=O)N(CCCOC(C)C)C2c2ccccc2OC)cc1. The molecule has 1 N–H and O–H groups in total. The van der Waals surface area contributed by atoms with Crippen LogP contribution < -0.4 is 9.47 Å². The van der Waals surface area contributed by atoms with Crippen LogP contribution in [0.1, 0.15) is 44.4 Å². The zero-order valence-corrected chi connectivity index (χ0v) is 19.5. The van der Waals surface area contributed by atoms with Crippen LogP contribution in [0.5, 0.6) is 11.5 Å². The highest BCUT2D eigenvalue weighted by Gasteiger charge is 2.46. The van der Waals surface area contributed by atoms with Crippen LogP contribution in [-0.2, 0) is 14.3 Å². The zero-order chi connectivity index (χ0) is 24.0. The average molecular weight is 454 g/mol. The van der Waals surface area contributed by atoms with Crippen molar-refractivity contribution in [2.45, 2.75) is 39.3 Å². The second-order valence-electron chi connectivity index (χ2n) is 7.96. The van der Waals surface area contributed by atoms with Gasteiger partial charge in [0, 0.05) is 24.3 Å². The maximum absolute atomic E-state index is 13.1. The van der Waals surface area contributed by atoms with Gasteiger partial charge in [0.1, 0.15) is 17.3 Å². The van der Waals surface area contributed by atoms with E-state index in [1.165, 1.54) is 12.0 Å². The molecule has 7 heteroatoms. The van der Waals surface area contributed by atoms with Gasteiger partial charge in [-0.05, 0) is 57.5 Å². The molecule has 1 heterocycles. The monoisotopic (exact) mass is 453 g/mol. The lowest BCUT2D eigenvalue weighted by molar-refractivity contribution is -0.140. The van der Waals surface area contributed by atoms with Crippen LogP contribution >= 0.6 is 0 Å². The highest BCUT2D eigenvalue weighted by Crippen LogP contribution is 2.42. The number of aliphatic hydroxyl groups excluding tert-OH is 1. The number of likely N-dealkylation sites (tertiary alicyclic amines) is 1. The van der Waals surface area contributed by atoms with Crippen LogP contribution in [-0.4, -0.2) is 54.7 Å². The van der Waals surface area contributed by atoms with Gasteiger partial charge in [-0.3, -0.25) is 9.59 Å². The van der Waals surface area contributed by atoms with E-state index in [9.17, 15) is 14.7 Å². The second-order valence-corrected chi connectivity index (χ2v) is 7.96. The molecule has 0 spiro atoms. The number of para-hydroxylation sites is 1. The topological polar surface area (TPSA) is 85.3 Å². The zero-order valence-electron chi connectivity index (χ0n) is 19.5. The molecule has 2 aromatic carbocycles. The molecule has 7 nitrogen and oxygen atoms in total. The molecule has 1 aliphatic rings. The Morgan fingerprint density at radius 1 is 1.09 bits per heavy atom. The van der Waals surface area contributed by atoms with Crippen molar-refractivity contribution in [1.29, 1.82) is 0 Å². The van der Waals surface area contributed by atoms with Crippen LogP contribution in [0, 0.1) is 0 Å². The number of carbonyl (C=O) groups is 2. The molecular formula is C26H31NO6. The Bertz CT molecular complexity index is 1010. The summed E-state index contributed by atoms with van der Waals surface area (Å²) in [5.41, 5.74) is 1.11. The normalized spacial score (nSPS) is 17.6. The van der Waals surface area contributed by atoms with Crippen molar-refractivity contribution >= 4 is 17.4 Å². The molecular weight excluding hydrogens is 422 g/mol. The Balaban J connectivity index is 2.05. The third-order valence-electron chi connectivity index (χ3n) is 5.41. The molecule has 1 atom stereocenters. The molecule has 0 saturated carbocycles. The van der Waals surface area contributed by atoms with E-state index in [0.717, 1.165) is 0 Å². The highest BCUT2D eigenvalue weighted by molar-refractivity contribution is 6.46. The van der Waals surface area contributed by atoms with Gasteiger partial charge in [-0.1, -0.05) is 18.2 Å². The highest BCUT2D eigenvalue weighted by atomic mass is 16.5. The maximum atomic E-state index is 13.1. The van der Waals surface area contributed by atoms with Crippen molar-refractivity contribution in [2.24, 2.45) is 0 Å². The summed E-state index contributed by atoms with van der Waals surface area (Å²) in [6.07, 6.45) is 0.630. The molecule has 1 unspecified atom stereocenters. The average Bonchev–Trinajstić information content (AvgIpc) is 3.06. The number of nitrogens with zero attached hydrogens (tertiary/aromatic N) is 1. The summed E-state index contributed by atoms with van der Waals surface area (Å²) < 4.78 is 16.6. The van der Waals surface area contributed by atoms with E-state index in [4.69, 9.17) is 14.2 Å². The summed E-state index contributed by atoms with van der Waals surface area (Å²) in [6, 6.07) is 13.2. The Kier molecular flexibility index (Phi) is 8.11. The third kappa shape index (κ3) is 5.37. The first-order valence-corrected chi connectivity index (χ1v) is 11.1. The van der Waals surface area contributed by atoms with Gasteiger partial charge in [0.05, 0.1) is 31.4 Å². The number of carbonyl (C=O) groups excluding carboxylic acids is 2. The Morgan fingerprint density at radius 2 is 1.79 bits per heavy atom. The van der Waals surface area contributed by atoms with Gasteiger partial charge in [-0.15, -0.1) is 0 Å². The summed E-state index contributed by atoms with van der Waals surface area (Å²) in [6.45, 7) is 7.05. The minimum atomic E-state index is -0.772. The van der Waals surface area contributed by atoms with E-state index >= 15 is 0 Å². The van der Waals surface area contributed by atoms with E-state index in [0.29, 0.717) is 48.8 Å². The predicted molar refractivity (Wildman–Crippen MR) is 125 cm³/mol. The number of aliphatic hydroxyl groups is 1. The molecule has 1 fully saturated rings. The Labute approximate surface area is 194 Å². The minimum Gasteiger partial charge on any atom is -0.507 e. The third-order valence-corrected chi connectivity index (χ3v) is 5.41. The fraction of sp³-hybridized carbons (Fsp3) is 0.385. The number of rotatable bonds is 10. The number of amides is 1. The fourth-order valence-corrected chi connectivity index (χ4v) is 3.91. The van der Waals surface area contributed by atoms with E-state index < -0.39 is 17.7 Å². The molecule has 0 aliphatic carbocycles. The van der Waals surface area contributed by atoms with Gasteiger partial charge in [-0.25, -0.2) is 0 Å². The largest absolute Gasteiger partial charge is 0.507 e. The standard InChI is InChI=1S/C26H31NO6/c1-5-32-19-13-11-18(12-14-19)24(28)22-23(20-9-6-7-10-21(20)31-4)27(26(30)25(22)29)15-8-16-33-17(2)3/h6-7,9-14,17,23,28H,5,8,15-16H2,1-4H3. The van der Waals surface area contributed by atoms with Gasteiger partial charge in [-0.2, -0.15) is 0 Å². The molecule has 2 aromatic rings. The lowest BCUT2D eigenvalue weighted by Gasteiger charge is -2.26. The lowest BCUT2D eigenvalue weighted by Crippen LogP contribution is -2.31. The lowest BCUT2D eigenvalue weighted by atomic mass is 9.94. The quantitative estimate of drug-likeness (QED) is 0.249. The van der Waals surface area contributed by atoms with Crippen LogP contribution in [0.15, 0.2) is 54.1 Å². The summed E-state index contributed by atoms with van der Waals surface area (Å²) in [5.74, 6) is -0.412. The summed E-state index contributed by atoms with van der Waals surface area (Å²) >= 11 is 0. The van der Waals surface area contributed by atoms with Gasteiger partial charge in [0.25, 0.3) is 11.7 Å². The number of methoxy groups -OCH3 is 1. The van der Waals surface area contributed by atoms with E-state index in [1.54, 1.807) is 36.4 Å². The van der Waals surface area contributed by atoms with Gasteiger partial charge >= 0.3 is 0 Å². The molecule has 0 radical (unpaired) electrons. The van der Waals surface area contributed by atoms with Crippen molar-refractivity contribution in [3.63, 3.8) is 0 Å². The number of ketones is 1. The smallest absolute Gasteiger partial charge is 0.295 e. The molecule has 176 valence electrons. The summed E-state index contributed by atoms with van der Waals surface area (Å²) in [5, 5.41) is 11.2. The fourth-order valence-electron chi connectivity index (χ4n) is 3.91. The number of hydrogen-bond donors (Lipinski definition) is 1. The first-order chi connectivity index (χ1) is 15.9. The van der Waals surface area contributed by atoms with E-state index in [1.807, 2.05) is 32.9 Å². The van der Waals surface area contributed by atoms with Crippen molar-refractivity contribution in [2.75, 3.05) is 26.9 Å². The number of ether oxygens (including phenoxy) is 3. The molecule has 0 bridgehead atoms. The number of hydrogen-bond acceptors (Lipinski definition) is 6. The van der Waals surface area contributed by atoms with E-state index in [-0.39, 0.29) is 17.4 Å². The summed E-state index contributed by atoms with van der Waals surface area (Å²) in [4.78, 5) is 27.6. The molecule has 0 aromatic heterocycles. The molecule has 1 amide bonds. The second kappa shape index (κ2) is 11.0. The number of Topliss-reactive ketones (excluding diaryl/α,β-unsaturated/α-hetero) is 1. The van der Waals surface area contributed by atoms with Crippen LogP contribution in [0.25, 0.3) is 5.76 Å². The van der Waals surface area contributed by atoms with Crippen LogP contribution in [0.3, 0.4) is 0 Å². The maximum Gasteiger partial charge on any atom is 0.295 e. The van der Waals surface area contributed by atoms with Crippen molar-refractivity contribution in [3.8, 4) is 11.5 Å². The van der Waals surface area contributed by atoms with Gasteiger partial charge in [0.2, 0.25) is 0 Å². The van der Waals surface area contributed by atoms with Gasteiger partial charge in [0.15, 0.2) is 0 Å². The molecule has 3 rings (SSSR count). The molecule has 33 heavy (non-hydrogen) atoms. The van der Waals surface area contributed by atoms with Crippen molar-refractivity contribution in [3.05, 3.63) is 65.2 Å². The number of benzene rings is 2. The predicted octanol–water partition coefficient (Wildman–Crippen LogP) is 4.33. The first-order valence-electron chi connectivity index (χ1n) is 11.1. The van der Waals surface area contributed by atoms with Crippen molar-refractivity contribution in [1.82, 2.24) is 4.90 Å². The Morgan fingerprint density at radius 3 is 2.42 bits per heavy atom. The molecule has 1 saturated heterocycles. The Hall–Kier alpha value is -3.32. The van der Waals surface area contributed by atoms with E-state index in [2.05, 4.69) is 0 Å². The van der Waals surface area contributed by atoms with Gasteiger partial charge < -0.3 is 24.2 Å². The van der Waals surface area contributed by atoms with Crippen LogP contribution in [0.4, 0.5) is 0 Å². The van der Waals surface area contributed by atoms with Crippen molar-refractivity contribution < 1.29 is 28.9 Å². The summed E-state index contributed by atoms with van der Waals surface area (Å²) in [7, 11) is 1.54. The molecule has 1 aliphatic heterocycles.